The summed E-state index contributed by atoms with van der Waals surface area (Å²) in [5.41, 5.74) is 5.63. The Balaban J connectivity index is 2.16. The number of halogens is 3. The van der Waals surface area contributed by atoms with Crippen LogP contribution in [-0.2, 0) is 6.18 Å². The lowest BCUT2D eigenvalue weighted by atomic mass is 10.0. The number of piperazine rings is 1. The molecule has 17 heavy (non-hydrogen) atoms. The van der Waals surface area contributed by atoms with Crippen LogP contribution in [0.25, 0.3) is 0 Å². The van der Waals surface area contributed by atoms with E-state index in [-0.39, 0.29) is 12.2 Å². The Labute approximate surface area is 97.2 Å². The van der Waals surface area contributed by atoms with E-state index >= 15 is 0 Å². The normalized spacial score (nSPS) is 25.9. The first-order chi connectivity index (χ1) is 7.97. The van der Waals surface area contributed by atoms with Crippen LogP contribution in [0.3, 0.4) is 0 Å². The molecule has 0 amide bonds. The molecule has 0 aromatic heterocycles. The molecule has 1 saturated heterocycles. The van der Waals surface area contributed by atoms with Crippen molar-refractivity contribution in [2.45, 2.75) is 18.4 Å². The van der Waals surface area contributed by atoms with Crippen molar-refractivity contribution in [1.29, 1.82) is 0 Å². The number of hydrogen-bond donors (Lipinski definition) is 3. The summed E-state index contributed by atoms with van der Waals surface area (Å²) in [7, 11) is 0. The first-order valence-electron chi connectivity index (χ1n) is 5.36. The lowest BCUT2D eigenvalue weighted by molar-refractivity contribution is -0.137. The van der Waals surface area contributed by atoms with Crippen molar-refractivity contribution in [1.82, 2.24) is 10.6 Å². The molecule has 2 unspecified atom stereocenters. The zero-order chi connectivity index (χ0) is 12.5. The summed E-state index contributed by atoms with van der Waals surface area (Å²) < 4.78 is 37.6. The fourth-order valence-corrected chi connectivity index (χ4v) is 1.85. The van der Waals surface area contributed by atoms with E-state index < -0.39 is 11.7 Å². The monoisotopic (exact) mass is 245 g/mol. The summed E-state index contributed by atoms with van der Waals surface area (Å²) in [5.74, 6) is 0. The summed E-state index contributed by atoms with van der Waals surface area (Å²) in [6.45, 7) is 1.07. The van der Waals surface area contributed by atoms with Gasteiger partial charge in [0, 0.05) is 19.1 Å². The third-order valence-corrected chi connectivity index (χ3v) is 2.78. The molecule has 3 nitrogen and oxygen atoms in total. The van der Waals surface area contributed by atoms with Gasteiger partial charge in [-0.2, -0.15) is 13.2 Å². The average Bonchev–Trinajstić information content (AvgIpc) is 2.29. The van der Waals surface area contributed by atoms with Crippen LogP contribution in [0.4, 0.5) is 13.2 Å². The van der Waals surface area contributed by atoms with E-state index in [4.69, 9.17) is 5.73 Å². The Bertz CT molecular complexity index is 384. The zero-order valence-corrected chi connectivity index (χ0v) is 9.09. The van der Waals surface area contributed by atoms with Crippen molar-refractivity contribution in [3.05, 3.63) is 35.4 Å². The van der Waals surface area contributed by atoms with Gasteiger partial charge in [0.25, 0.3) is 0 Å². The molecule has 2 rings (SSSR count). The van der Waals surface area contributed by atoms with E-state index in [0.29, 0.717) is 18.7 Å². The Morgan fingerprint density at radius 2 is 1.94 bits per heavy atom. The van der Waals surface area contributed by atoms with Crippen LogP contribution >= 0.6 is 0 Å². The van der Waals surface area contributed by atoms with E-state index in [1.165, 1.54) is 12.1 Å². The van der Waals surface area contributed by atoms with Crippen LogP contribution in [0, 0.1) is 0 Å². The molecule has 6 heteroatoms. The van der Waals surface area contributed by atoms with Crippen molar-refractivity contribution in [2.75, 3.05) is 13.1 Å². The lowest BCUT2D eigenvalue weighted by Gasteiger charge is -2.29. The predicted molar refractivity (Wildman–Crippen MR) is 58.2 cm³/mol. The summed E-state index contributed by atoms with van der Waals surface area (Å²) in [5, 5.41) is 6.13. The minimum atomic E-state index is -4.30. The second-order valence-electron chi connectivity index (χ2n) is 4.10. The quantitative estimate of drug-likeness (QED) is 0.697. The second kappa shape index (κ2) is 4.64. The first-order valence-corrected chi connectivity index (χ1v) is 5.36. The van der Waals surface area contributed by atoms with Crippen LogP contribution in [-0.4, -0.2) is 19.3 Å². The number of benzene rings is 1. The van der Waals surface area contributed by atoms with Crippen molar-refractivity contribution in [2.24, 2.45) is 5.73 Å². The predicted octanol–water partition coefficient (Wildman–Crippen LogP) is 1.22. The van der Waals surface area contributed by atoms with Gasteiger partial charge in [-0.1, -0.05) is 12.1 Å². The highest BCUT2D eigenvalue weighted by Gasteiger charge is 2.31. The van der Waals surface area contributed by atoms with Gasteiger partial charge in [-0.3, -0.25) is 5.32 Å². The lowest BCUT2D eigenvalue weighted by Crippen LogP contribution is -2.54. The van der Waals surface area contributed by atoms with Gasteiger partial charge in [0.15, 0.2) is 0 Å². The summed E-state index contributed by atoms with van der Waals surface area (Å²) in [6.07, 6.45) is -4.44. The Hall–Kier alpha value is -1.11. The molecular formula is C11H14F3N3. The molecule has 0 saturated carbocycles. The Kier molecular flexibility index (Phi) is 3.37. The molecular weight excluding hydrogens is 231 g/mol. The molecule has 2 atom stereocenters. The van der Waals surface area contributed by atoms with E-state index in [9.17, 15) is 13.2 Å². The van der Waals surface area contributed by atoms with Gasteiger partial charge in [-0.15, -0.1) is 0 Å². The summed E-state index contributed by atoms with van der Waals surface area (Å²) >= 11 is 0. The molecule has 1 fully saturated rings. The topological polar surface area (TPSA) is 50.1 Å². The van der Waals surface area contributed by atoms with Crippen LogP contribution in [0.2, 0.25) is 0 Å². The molecule has 1 aliphatic rings. The highest BCUT2D eigenvalue weighted by atomic mass is 19.4. The van der Waals surface area contributed by atoms with Crippen LogP contribution < -0.4 is 16.4 Å². The standard InChI is InChI=1S/C11H14F3N3/c12-11(13,14)8-3-1-2-7(4-8)9-5-17-10(15)6-16-9/h1-4,9-10,16-17H,5-6,15H2. The third-order valence-electron chi connectivity index (χ3n) is 2.78. The first kappa shape index (κ1) is 12.3. The summed E-state index contributed by atoms with van der Waals surface area (Å²) in [6, 6.07) is 5.23. The molecule has 1 aromatic rings. The van der Waals surface area contributed by atoms with Gasteiger partial charge in [-0.25, -0.2) is 0 Å². The van der Waals surface area contributed by atoms with E-state index in [1.54, 1.807) is 6.07 Å². The average molecular weight is 245 g/mol. The van der Waals surface area contributed by atoms with Gasteiger partial charge in [-0.05, 0) is 17.7 Å². The van der Waals surface area contributed by atoms with Crippen molar-refractivity contribution >= 4 is 0 Å². The number of nitrogens with one attached hydrogen (secondary N) is 2. The van der Waals surface area contributed by atoms with Gasteiger partial charge >= 0.3 is 6.18 Å². The maximum atomic E-state index is 12.5. The Morgan fingerprint density at radius 3 is 2.53 bits per heavy atom. The highest BCUT2D eigenvalue weighted by molar-refractivity contribution is 5.28. The van der Waals surface area contributed by atoms with E-state index in [0.717, 1.165) is 6.07 Å². The van der Waals surface area contributed by atoms with Crippen molar-refractivity contribution in [3.63, 3.8) is 0 Å². The third kappa shape index (κ3) is 2.96. The maximum absolute atomic E-state index is 12.5. The van der Waals surface area contributed by atoms with Gasteiger partial charge in [0.1, 0.15) is 0 Å². The fraction of sp³-hybridized carbons (Fsp3) is 0.455. The molecule has 1 aromatic carbocycles. The van der Waals surface area contributed by atoms with Crippen molar-refractivity contribution in [3.8, 4) is 0 Å². The Morgan fingerprint density at radius 1 is 1.18 bits per heavy atom. The molecule has 1 heterocycles. The smallest absolute Gasteiger partial charge is 0.315 e. The molecule has 0 aliphatic carbocycles. The highest BCUT2D eigenvalue weighted by Crippen LogP contribution is 2.30. The molecule has 0 radical (unpaired) electrons. The SMILES string of the molecule is NC1CNC(c2cccc(C(F)(F)F)c2)CN1. The van der Waals surface area contributed by atoms with Crippen LogP contribution in [0.5, 0.6) is 0 Å². The number of alkyl halides is 3. The molecule has 0 spiro atoms. The van der Waals surface area contributed by atoms with Crippen molar-refractivity contribution < 1.29 is 13.2 Å². The number of nitrogens with two attached hydrogens (primary N) is 1. The zero-order valence-electron chi connectivity index (χ0n) is 9.09. The number of hydrogen-bond acceptors (Lipinski definition) is 3. The molecule has 1 aliphatic heterocycles. The van der Waals surface area contributed by atoms with Crippen LogP contribution in [0.1, 0.15) is 17.2 Å². The molecule has 0 bridgehead atoms. The molecule has 4 N–H and O–H groups in total. The minimum Gasteiger partial charge on any atom is -0.315 e. The summed E-state index contributed by atoms with van der Waals surface area (Å²) in [4.78, 5) is 0. The van der Waals surface area contributed by atoms with Crippen LogP contribution in [0.15, 0.2) is 24.3 Å². The molecule has 94 valence electrons. The van der Waals surface area contributed by atoms with Gasteiger partial charge in [0.05, 0.1) is 11.7 Å². The second-order valence-corrected chi connectivity index (χ2v) is 4.10. The minimum absolute atomic E-state index is 0.128. The fourth-order valence-electron chi connectivity index (χ4n) is 1.85. The largest absolute Gasteiger partial charge is 0.416 e. The number of rotatable bonds is 1. The van der Waals surface area contributed by atoms with E-state index in [2.05, 4.69) is 10.6 Å². The van der Waals surface area contributed by atoms with E-state index in [1.807, 2.05) is 0 Å². The van der Waals surface area contributed by atoms with Gasteiger partial charge in [0.2, 0.25) is 0 Å². The maximum Gasteiger partial charge on any atom is 0.416 e. The van der Waals surface area contributed by atoms with Gasteiger partial charge < -0.3 is 11.1 Å².